The quantitative estimate of drug-likeness (QED) is 0.442. The highest BCUT2D eigenvalue weighted by Crippen LogP contribution is 2.31. The van der Waals surface area contributed by atoms with Gasteiger partial charge in [0.15, 0.2) is 5.75 Å². The zero-order chi connectivity index (χ0) is 19.2. The van der Waals surface area contributed by atoms with E-state index in [9.17, 15) is 4.39 Å². The SMILES string of the molecule is Fc1ccccc1Nc1ccnc(Nc2ccccc2Oc2ccccc2)n1. The first-order valence-corrected chi connectivity index (χ1v) is 8.71. The number of nitrogens with zero attached hydrogens (tertiary/aromatic N) is 2. The summed E-state index contributed by atoms with van der Waals surface area (Å²) in [4.78, 5) is 8.63. The summed E-state index contributed by atoms with van der Waals surface area (Å²) in [7, 11) is 0. The summed E-state index contributed by atoms with van der Waals surface area (Å²) in [5.41, 5.74) is 1.06. The minimum atomic E-state index is -0.350. The molecule has 0 atom stereocenters. The van der Waals surface area contributed by atoms with E-state index in [0.29, 0.717) is 23.2 Å². The lowest BCUT2D eigenvalue weighted by Crippen LogP contribution is -2.02. The molecule has 0 saturated heterocycles. The zero-order valence-corrected chi connectivity index (χ0v) is 14.8. The number of ether oxygens (including phenoxy) is 1. The monoisotopic (exact) mass is 372 g/mol. The van der Waals surface area contributed by atoms with Crippen LogP contribution in [-0.4, -0.2) is 9.97 Å². The van der Waals surface area contributed by atoms with Crippen LogP contribution in [0.25, 0.3) is 0 Å². The molecule has 0 spiro atoms. The normalized spacial score (nSPS) is 10.3. The van der Waals surface area contributed by atoms with Gasteiger partial charge < -0.3 is 15.4 Å². The predicted molar refractivity (Wildman–Crippen MR) is 108 cm³/mol. The Hall–Kier alpha value is -3.93. The number of hydrogen-bond donors (Lipinski definition) is 2. The Kier molecular flexibility index (Phi) is 5.11. The lowest BCUT2D eigenvalue weighted by Gasteiger charge is -2.13. The highest BCUT2D eigenvalue weighted by atomic mass is 19.1. The molecule has 4 aromatic rings. The van der Waals surface area contributed by atoms with Crippen molar-refractivity contribution in [1.82, 2.24) is 9.97 Å². The van der Waals surface area contributed by atoms with E-state index < -0.39 is 0 Å². The fraction of sp³-hybridized carbons (Fsp3) is 0. The number of benzene rings is 3. The number of aromatic nitrogens is 2. The van der Waals surface area contributed by atoms with E-state index in [4.69, 9.17) is 4.74 Å². The van der Waals surface area contributed by atoms with Crippen molar-refractivity contribution in [3.8, 4) is 11.5 Å². The lowest BCUT2D eigenvalue weighted by molar-refractivity contribution is 0.485. The fourth-order valence-corrected chi connectivity index (χ4v) is 2.58. The second kappa shape index (κ2) is 8.18. The molecule has 0 amide bonds. The maximum atomic E-state index is 13.8. The van der Waals surface area contributed by atoms with Crippen molar-refractivity contribution >= 4 is 23.1 Å². The first kappa shape index (κ1) is 17.5. The van der Waals surface area contributed by atoms with Crippen LogP contribution >= 0.6 is 0 Å². The standard InChI is InChI=1S/C22H17FN4O/c23-17-10-4-5-11-18(17)25-21-14-15-24-22(27-21)26-19-12-6-7-13-20(19)28-16-8-2-1-3-9-16/h1-15H,(H2,24,25,26,27). The van der Waals surface area contributed by atoms with Crippen LogP contribution in [0, 0.1) is 5.82 Å². The highest BCUT2D eigenvalue weighted by molar-refractivity contribution is 5.64. The van der Waals surface area contributed by atoms with Crippen LogP contribution in [0.5, 0.6) is 11.5 Å². The van der Waals surface area contributed by atoms with Gasteiger partial charge in [-0.25, -0.2) is 9.37 Å². The molecule has 0 aliphatic heterocycles. The summed E-state index contributed by atoms with van der Waals surface area (Å²) in [5, 5.41) is 6.11. The minimum Gasteiger partial charge on any atom is -0.455 e. The first-order valence-electron chi connectivity index (χ1n) is 8.71. The third-order valence-electron chi connectivity index (χ3n) is 3.90. The summed E-state index contributed by atoms with van der Waals surface area (Å²) in [6, 6.07) is 25.1. The largest absolute Gasteiger partial charge is 0.455 e. The molecule has 0 fully saturated rings. The Morgan fingerprint density at radius 1 is 0.714 bits per heavy atom. The van der Waals surface area contributed by atoms with Crippen LogP contribution in [0.1, 0.15) is 0 Å². The van der Waals surface area contributed by atoms with Crippen molar-refractivity contribution in [2.45, 2.75) is 0 Å². The molecule has 2 N–H and O–H groups in total. The molecule has 0 unspecified atom stereocenters. The maximum Gasteiger partial charge on any atom is 0.229 e. The molecule has 28 heavy (non-hydrogen) atoms. The highest BCUT2D eigenvalue weighted by Gasteiger charge is 2.08. The predicted octanol–water partition coefficient (Wildman–Crippen LogP) is 5.90. The molecule has 0 radical (unpaired) electrons. The van der Waals surface area contributed by atoms with Crippen LogP contribution in [0.3, 0.4) is 0 Å². The molecule has 0 aliphatic rings. The molecule has 4 rings (SSSR count). The molecule has 0 bridgehead atoms. The number of hydrogen-bond acceptors (Lipinski definition) is 5. The van der Waals surface area contributed by atoms with E-state index in [1.807, 2.05) is 54.6 Å². The molecule has 138 valence electrons. The number of halogens is 1. The number of rotatable bonds is 6. The van der Waals surface area contributed by atoms with Gasteiger partial charge in [-0.05, 0) is 42.5 Å². The van der Waals surface area contributed by atoms with E-state index >= 15 is 0 Å². The van der Waals surface area contributed by atoms with Gasteiger partial charge in [0.25, 0.3) is 0 Å². The van der Waals surface area contributed by atoms with Crippen LogP contribution in [0.15, 0.2) is 91.1 Å². The second-order valence-corrected chi connectivity index (χ2v) is 5.91. The molecule has 0 aliphatic carbocycles. The molecule has 1 heterocycles. The van der Waals surface area contributed by atoms with Crippen LogP contribution in [0.2, 0.25) is 0 Å². The topological polar surface area (TPSA) is 59.1 Å². The second-order valence-electron chi connectivity index (χ2n) is 5.91. The fourth-order valence-electron chi connectivity index (χ4n) is 2.58. The van der Waals surface area contributed by atoms with Crippen molar-refractivity contribution in [3.05, 3.63) is 96.9 Å². The van der Waals surface area contributed by atoms with Gasteiger partial charge in [-0.2, -0.15) is 4.98 Å². The van der Waals surface area contributed by atoms with Crippen molar-refractivity contribution < 1.29 is 9.13 Å². The van der Waals surface area contributed by atoms with Crippen molar-refractivity contribution in [2.75, 3.05) is 10.6 Å². The van der Waals surface area contributed by atoms with Crippen LogP contribution in [-0.2, 0) is 0 Å². The average Bonchev–Trinajstić information content (AvgIpc) is 2.72. The van der Waals surface area contributed by atoms with Crippen LogP contribution < -0.4 is 15.4 Å². The van der Waals surface area contributed by atoms with E-state index in [2.05, 4.69) is 20.6 Å². The van der Waals surface area contributed by atoms with E-state index in [-0.39, 0.29) is 5.82 Å². The Morgan fingerprint density at radius 3 is 2.25 bits per heavy atom. The van der Waals surface area contributed by atoms with E-state index in [1.165, 1.54) is 6.07 Å². The number of anilines is 4. The summed E-state index contributed by atoms with van der Waals surface area (Å²) in [6.07, 6.45) is 1.60. The molecule has 1 aromatic heterocycles. The third-order valence-corrected chi connectivity index (χ3v) is 3.90. The molecular formula is C22H17FN4O. The van der Waals surface area contributed by atoms with Gasteiger partial charge in [0.1, 0.15) is 17.4 Å². The summed E-state index contributed by atoms with van der Waals surface area (Å²) in [5.74, 6) is 1.86. The molecule has 6 heteroatoms. The first-order chi connectivity index (χ1) is 13.8. The summed E-state index contributed by atoms with van der Waals surface area (Å²) >= 11 is 0. The Labute approximate surface area is 161 Å². The smallest absolute Gasteiger partial charge is 0.229 e. The Balaban J connectivity index is 1.54. The van der Waals surface area contributed by atoms with Gasteiger partial charge in [-0.15, -0.1) is 0 Å². The molecular weight excluding hydrogens is 355 g/mol. The third kappa shape index (κ3) is 4.24. The van der Waals surface area contributed by atoms with Gasteiger partial charge in [-0.1, -0.05) is 42.5 Å². The van der Waals surface area contributed by atoms with Gasteiger partial charge in [0, 0.05) is 6.20 Å². The lowest BCUT2D eigenvalue weighted by atomic mass is 10.3. The van der Waals surface area contributed by atoms with Crippen molar-refractivity contribution in [1.29, 1.82) is 0 Å². The van der Waals surface area contributed by atoms with E-state index in [1.54, 1.807) is 30.5 Å². The van der Waals surface area contributed by atoms with Gasteiger partial charge in [0.05, 0.1) is 11.4 Å². The molecule has 3 aromatic carbocycles. The summed E-state index contributed by atoms with van der Waals surface area (Å²) < 4.78 is 19.8. The van der Waals surface area contributed by atoms with Gasteiger partial charge >= 0.3 is 0 Å². The van der Waals surface area contributed by atoms with Gasteiger partial charge in [-0.3, -0.25) is 0 Å². The number of para-hydroxylation sites is 4. The average molecular weight is 372 g/mol. The summed E-state index contributed by atoms with van der Waals surface area (Å²) in [6.45, 7) is 0. The van der Waals surface area contributed by atoms with Gasteiger partial charge in [0.2, 0.25) is 5.95 Å². The minimum absolute atomic E-state index is 0.347. The van der Waals surface area contributed by atoms with Crippen molar-refractivity contribution in [3.63, 3.8) is 0 Å². The van der Waals surface area contributed by atoms with Crippen molar-refractivity contribution in [2.24, 2.45) is 0 Å². The maximum absolute atomic E-state index is 13.8. The Bertz CT molecular complexity index is 1070. The Morgan fingerprint density at radius 2 is 1.43 bits per heavy atom. The molecule has 0 saturated carbocycles. The molecule has 5 nitrogen and oxygen atoms in total. The zero-order valence-electron chi connectivity index (χ0n) is 14.8. The van der Waals surface area contributed by atoms with E-state index in [0.717, 1.165) is 11.4 Å². The number of nitrogens with one attached hydrogen (secondary N) is 2. The van der Waals surface area contributed by atoms with Crippen LogP contribution in [0.4, 0.5) is 27.5 Å².